The van der Waals surface area contributed by atoms with Crippen LogP contribution in [-0.4, -0.2) is 45.0 Å². The fraction of sp³-hybridized carbons (Fsp3) is 0.444. The van der Waals surface area contributed by atoms with Crippen LogP contribution >= 0.6 is 11.3 Å². The number of benzene rings is 1. The summed E-state index contributed by atoms with van der Waals surface area (Å²) >= 11 is 1.52. The van der Waals surface area contributed by atoms with Crippen molar-refractivity contribution in [2.24, 2.45) is 0 Å². The first-order chi connectivity index (χ1) is 12.0. The lowest BCUT2D eigenvalue weighted by molar-refractivity contribution is -0.939. The van der Waals surface area contributed by atoms with Gasteiger partial charge in [0.05, 0.1) is 0 Å². The number of aromatic nitrogens is 3. The van der Waals surface area contributed by atoms with Crippen LogP contribution in [0.15, 0.2) is 30.3 Å². The number of nitrogens with one attached hydrogen (secondary N) is 1. The minimum absolute atomic E-state index is 0.0452. The summed E-state index contributed by atoms with van der Waals surface area (Å²) in [5.74, 6) is 0.874. The Bertz CT molecular complexity index is 866. The molecule has 0 bridgehead atoms. The number of quaternary nitrogens is 1. The maximum absolute atomic E-state index is 10.8. The molecule has 1 aromatic carbocycles. The number of fused-ring (bicyclic) bond motifs is 1. The molecular weight excluding hydrogens is 336 g/mol. The molecule has 132 valence electrons. The average molecular weight is 359 g/mol. The standard InChI is InChI=1S/C18H22N4O2S/c1-11-9-21(10-12(2)24-11)15(14-7-5-4-6-8-14)16-17(23)22-18(25-16)19-13(3)20-22/h4-8,11-12,15,23H,9-10H2,1-3H3/p+1/t11-,12+,15-/m1/s1. The summed E-state index contributed by atoms with van der Waals surface area (Å²) in [5, 5.41) is 15.1. The second kappa shape index (κ2) is 6.40. The molecule has 3 aromatic rings. The van der Waals surface area contributed by atoms with Gasteiger partial charge in [-0.05, 0) is 20.8 Å². The van der Waals surface area contributed by atoms with Gasteiger partial charge in [-0.15, -0.1) is 5.10 Å². The molecule has 1 fully saturated rings. The van der Waals surface area contributed by atoms with Crippen LogP contribution < -0.4 is 4.90 Å². The van der Waals surface area contributed by atoms with E-state index in [1.54, 1.807) is 4.52 Å². The third kappa shape index (κ3) is 3.03. The van der Waals surface area contributed by atoms with Crippen molar-refractivity contribution in [2.45, 2.75) is 39.0 Å². The molecule has 1 aliphatic rings. The van der Waals surface area contributed by atoms with Crippen LogP contribution in [0.25, 0.3) is 4.96 Å². The number of ether oxygens (including phenoxy) is 1. The normalized spacial score (nSPS) is 25.3. The molecule has 0 amide bonds. The van der Waals surface area contributed by atoms with Crippen molar-refractivity contribution in [1.82, 2.24) is 14.6 Å². The number of aryl methyl sites for hydroxylation is 1. The van der Waals surface area contributed by atoms with Crippen molar-refractivity contribution in [3.8, 4) is 5.88 Å². The lowest BCUT2D eigenvalue weighted by atomic mass is 10.0. The number of hydrogen-bond acceptors (Lipinski definition) is 5. The predicted molar refractivity (Wildman–Crippen MR) is 96.3 cm³/mol. The van der Waals surface area contributed by atoms with Crippen LogP contribution in [0.2, 0.25) is 0 Å². The van der Waals surface area contributed by atoms with Crippen LogP contribution in [0.3, 0.4) is 0 Å². The molecule has 6 nitrogen and oxygen atoms in total. The molecule has 4 atom stereocenters. The molecule has 7 heteroatoms. The fourth-order valence-corrected chi connectivity index (χ4v) is 4.99. The van der Waals surface area contributed by atoms with Crippen molar-refractivity contribution >= 4 is 16.3 Å². The summed E-state index contributed by atoms with van der Waals surface area (Å²) in [4.78, 5) is 7.47. The van der Waals surface area contributed by atoms with Crippen molar-refractivity contribution in [3.63, 3.8) is 0 Å². The molecule has 2 aromatic heterocycles. The van der Waals surface area contributed by atoms with E-state index in [2.05, 4.69) is 36.1 Å². The molecule has 3 heterocycles. The van der Waals surface area contributed by atoms with Crippen molar-refractivity contribution < 1.29 is 14.7 Å². The molecule has 1 aliphatic heterocycles. The van der Waals surface area contributed by atoms with Gasteiger partial charge in [0.15, 0.2) is 6.04 Å². The molecule has 1 unspecified atom stereocenters. The zero-order valence-electron chi connectivity index (χ0n) is 14.6. The highest BCUT2D eigenvalue weighted by Gasteiger charge is 2.37. The van der Waals surface area contributed by atoms with Crippen LogP contribution in [0.1, 0.15) is 36.2 Å². The summed E-state index contributed by atoms with van der Waals surface area (Å²) in [5.41, 5.74) is 1.19. The molecule has 0 spiro atoms. The molecule has 0 aliphatic carbocycles. The van der Waals surface area contributed by atoms with E-state index < -0.39 is 0 Å². The Morgan fingerprint density at radius 1 is 1.24 bits per heavy atom. The highest BCUT2D eigenvalue weighted by atomic mass is 32.1. The van der Waals surface area contributed by atoms with Gasteiger partial charge in [-0.2, -0.15) is 4.52 Å². The summed E-state index contributed by atoms with van der Waals surface area (Å²) < 4.78 is 7.47. The second-order valence-electron chi connectivity index (χ2n) is 6.81. The van der Waals surface area contributed by atoms with E-state index in [9.17, 15) is 5.11 Å². The predicted octanol–water partition coefficient (Wildman–Crippen LogP) is 1.59. The SMILES string of the molecule is Cc1nc2sc([C@@H](c3ccccc3)[NH+]3C[C@@H](C)O[C@@H](C)C3)c(O)n2n1. The van der Waals surface area contributed by atoms with Crippen molar-refractivity contribution in [3.05, 3.63) is 46.6 Å². The molecule has 0 radical (unpaired) electrons. The van der Waals surface area contributed by atoms with Gasteiger partial charge in [0.1, 0.15) is 36.0 Å². The van der Waals surface area contributed by atoms with Crippen molar-refractivity contribution in [2.75, 3.05) is 13.1 Å². The number of thiazole rings is 1. The van der Waals surface area contributed by atoms with Gasteiger partial charge in [-0.3, -0.25) is 0 Å². The lowest BCUT2D eigenvalue weighted by Gasteiger charge is -2.37. The maximum Gasteiger partial charge on any atom is 0.235 e. The average Bonchev–Trinajstić information content (AvgIpc) is 3.06. The van der Waals surface area contributed by atoms with Crippen LogP contribution in [0.4, 0.5) is 0 Å². The summed E-state index contributed by atoms with van der Waals surface area (Å²) in [7, 11) is 0. The topological polar surface area (TPSA) is 64.1 Å². The first kappa shape index (κ1) is 16.5. The van der Waals surface area contributed by atoms with Gasteiger partial charge >= 0.3 is 0 Å². The van der Waals surface area contributed by atoms with E-state index in [1.807, 2.05) is 25.1 Å². The second-order valence-corrected chi connectivity index (χ2v) is 7.82. The zero-order valence-corrected chi connectivity index (χ0v) is 15.5. The third-order valence-corrected chi connectivity index (χ3v) is 5.76. The molecule has 0 saturated carbocycles. The Kier molecular flexibility index (Phi) is 4.23. The molecule has 1 saturated heterocycles. The number of hydrogen-bond donors (Lipinski definition) is 2. The van der Waals surface area contributed by atoms with E-state index in [-0.39, 0.29) is 24.1 Å². The number of aromatic hydroxyl groups is 1. The summed E-state index contributed by atoms with van der Waals surface area (Å²) in [6.45, 7) is 7.86. The summed E-state index contributed by atoms with van der Waals surface area (Å²) in [6.07, 6.45) is 0.382. The van der Waals surface area contributed by atoms with Gasteiger partial charge in [-0.25, -0.2) is 4.98 Å². The molecular formula is C18H23N4O2S+. The van der Waals surface area contributed by atoms with Gasteiger partial charge in [0.25, 0.3) is 0 Å². The highest BCUT2D eigenvalue weighted by molar-refractivity contribution is 7.17. The van der Waals surface area contributed by atoms with Crippen LogP contribution in [-0.2, 0) is 4.74 Å². The van der Waals surface area contributed by atoms with E-state index >= 15 is 0 Å². The Morgan fingerprint density at radius 3 is 2.56 bits per heavy atom. The highest BCUT2D eigenvalue weighted by Crippen LogP contribution is 2.35. The zero-order chi connectivity index (χ0) is 17.6. The molecule has 25 heavy (non-hydrogen) atoms. The Morgan fingerprint density at radius 2 is 1.92 bits per heavy atom. The van der Waals surface area contributed by atoms with E-state index in [0.29, 0.717) is 5.82 Å². The number of nitrogens with zero attached hydrogens (tertiary/aromatic N) is 3. The van der Waals surface area contributed by atoms with E-state index in [4.69, 9.17) is 4.74 Å². The quantitative estimate of drug-likeness (QED) is 0.745. The third-order valence-electron chi connectivity index (χ3n) is 4.67. The maximum atomic E-state index is 10.8. The van der Waals surface area contributed by atoms with Crippen LogP contribution in [0, 0.1) is 6.92 Å². The van der Waals surface area contributed by atoms with E-state index in [0.717, 1.165) is 22.9 Å². The Hall–Kier alpha value is -1.96. The van der Waals surface area contributed by atoms with Gasteiger partial charge in [0.2, 0.25) is 10.8 Å². The largest absolute Gasteiger partial charge is 0.492 e. The lowest BCUT2D eigenvalue weighted by Crippen LogP contribution is -3.15. The minimum Gasteiger partial charge on any atom is -0.492 e. The molecule has 2 N–H and O–H groups in total. The van der Waals surface area contributed by atoms with Crippen molar-refractivity contribution in [1.29, 1.82) is 0 Å². The number of morpholine rings is 1. The first-order valence-corrected chi connectivity index (χ1v) is 9.44. The first-order valence-electron chi connectivity index (χ1n) is 8.63. The van der Waals surface area contributed by atoms with Crippen LogP contribution in [0.5, 0.6) is 5.88 Å². The van der Waals surface area contributed by atoms with E-state index in [1.165, 1.54) is 21.8 Å². The van der Waals surface area contributed by atoms with Gasteiger partial charge in [0, 0.05) is 5.56 Å². The number of rotatable bonds is 3. The summed E-state index contributed by atoms with van der Waals surface area (Å²) in [6, 6.07) is 10.4. The monoisotopic (exact) mass is 359 g/mol. The van der Waals surface area contributed by atoms with Gasteiger partial charge < -0.3 is 14.7 Å². The fourth-order valence-electron chi connectivity index (χ4n) is 3.80. The Balaban J connectivity index is 1.82. The Labute approximate surface area is 150 Å². The molecule has 4 rings (SSSR count). The smallest absolute Gasteiger partial charge is 0.235 e. The van der Waals surface area contributed by atoms with Gasteiger partial charge in [-0.1, -0.05) is 41.7 Å². The minimum atomic E-state index is 0.0452.